The fourth-order valence-electron chi connectivity index (χ4n) is 4.28. The molecule has 0 saturated heterocycles. The number of benzene rings is 3. The molecule has 0 amide bonds. The van der Waals surface area contributed by atoms with E-state index in [1.807, 2.05) is 30.3 Å². The molecule has 34 heavy (non-hydrogen) atoms. The maximum Gasteiger partial charge on any atom is 0.216 e. The molecule has 0 aromatic heterocycles. The molecule has 0 fully saturated rings. The molecule has 3 rings (SSSR count). The van der Waals surface area contributed by atoms with E-state index in [1.54, 1.807) is 18.2 Å². The van der Waals surface area contributed by atoms with Gasteiger partial charge in [0.2, 0.25) is 10.0 Å². The van der Waals surface area contributed by atoms with Crippen LogP contribution in [0.25, 0.3) is 0 Å². The van der Waals surface area contributed by atoms with E-state index in [2.05, 4.69) is 0 Å². The summed E-state index contributed by atoms with van der Waals surface area (Å²) in [4.78, 5) is 0. The molecule has 3 atom stereocenters. The molecule has 9 heteroatoms. The van der Waals surface area contributed by atoms with Gasteiger partial charge in [-0.15, -0.1) is 0 Å². The molecule has 0 aliphatic heterocycles. The van der Waals surface area contributed by atoms with Gasteiger partial charge in [-0.3, -0.25) is 0 Å². The number of phenols is 1. The minimum atomic E-state index is -4.25. The van der Waals surface area contributed by atoms with Crippen LogP contribution in [-0.2, 0) is 16.4 Å². The normalized spacial score (nSPS) is 14.3. The Morgan fingerprint density at radius 3 is 2.18 bits per heavy atom. The Morgan fingerprint density at radius 2 is 1.62 bits per heavy atom. The lowest BCUT2D eigenvalue weighted by molar-refractivity contribution is 0.195. The first-order valence-electron chi connectivity index (χ1n) is 10.6. The number of aromatic hydroxyl groups is 1. The van der Waals surface area contributed by atoms with Gasteiger partial charge in [0.15, 0.2) is 11.5 Å². The van der Waals surface area contributed by atoms with E-state index in [-0.39, 0.29) is 16.8 Å². The van der Waals surface area contributed by atoms with Crippen LogP contribution < -0.4 is 20.3 Å². The van der Waals surface area contributed by atoms with Gasteiger partial charge in [0.1, 0.15) is 11.0 Å². The summed E-state index contributed by atoms with van der Waals surface area (Å²) in [5, 5.41) is 25.6. The summed E-state index contributed by atoms with van der Waals surface area (Å²) < 4.78 is 36.9. The number of phenolic OH excluding ortho intramolecular Hbond substituents is 1. The fraction of sp³-hybridized carbons (Fsp3) is 0.280. The van der Waals surface area contributed by atoms with Crippen LogP contribution in [0.1, 0.15) is 46.4 Å². The fourth-order valence-corrected chi connectivity index (χ4v) is 5.54. The molecule has 0 aliphatic carbocycles. The molecule has 182 valence electrons. The number of primary sulfonamides is 1. The number of hydrogen-bond acceptors (Lipinski definition) is 7. The van der Waals surface area contributed by atoms with Crippen LogP contribution >= 0.6 is 0 Å². The molecular weight excluding hydrogens is 456 g/mol. The summed E-state index contributed by atoms with van der Waals surface area (Å²) in [7, 11) is -1.25. The second-order valence-corrected chi connectivity index (χ2v) is 9.79. The van der Waals surface area contributed by atoms with Crippen LogP contribution in [0.5, 0.6) is 17.2 Å². The smallest absolute Gasteiger partial charge is 0.216 e. The first kappa shape index (κ1) is 25.4. The summed E-state index contributed by atoms with van der Waals surface area (Å²) in [6, 6.07) is 17.4. The van der Waals surface area contributed by atoms with E-state index >= 15 is 0 Å². The molecule has 0 spiro atoms. The molecule has 0 saturated carbocycles. The van der Waals surface area contributed by atoms with Crippen molar-refractivity contribution < 1.29 is 28.1 Å². The first-order valence-corrected chi connectivity index (χ1v) is 12.3. The zero-order valence-electron chi connectivity index (χ0n) is 19.3. The number of rotatable bonds is 9. The Bertz CT molecular complexity index is 1250. The Balaban J connectivity index is 2.28. The third kappa shape index (κ3) is 5.27. The van der Waals surface area contributed by atoms with Gasteiger partial charge in [-0.2, -0.15) is 0 Å². The number of hydrogen-bond donors (Lipinski definition) is 4. The van der Waals surface area contributed by atoms with E-state index in [4.69, 9.17) is 20.3 Å². The molecule has 8 nitrogen and oxygen atoms in total. The third-order valence-electron chi connectivity index (χ3n) is 5.86. The lowest BCUT2D eigenvalue weighted by Crippen LogP contribution is -2.28. The van der Waals surface area contributed by atoms with Crippen molar-refractivity contribution in [1.29, 1.82) is 0 Å². The van der Waals surface area contributed by atoms with E-state index < -0.39 is 33.0 Å². The Kier molecular flexibility index (Phi) is 7.71. The summed E-state index contributed by atoms with van der Waals surface area (Å²) in [6.45, 7) is 1.44. The lowest BCUT2D eigenvalue weighted by Gasteiger charge is -2.29. The van der Waals surface area contributed by atoms with Crippen molar-refractivity contribution in [3.63, 3.8) is 0 Å². The molecule has 0 heterocycles. The highest BCUT2D eigenvalue weighted by Gasteiger charge is 2.37. The molecule has 3 aromatic carbocycles. The Morgan fingerprint density at radius 1 is 0.971 bits per heavy atom. The molecule has 3 unspecified atom stereocenters. The topological polar surface area (TPSA) is 145 Å². The zero-order chi connectivity index (χ0) is 25.0. The predicted octanol–water partition coefficient (Wildman–Crippen LogP) is 3.40. The highest BCUT2D eigenvalue weighted by atomic mass is 32.2. The minimum Gasteiger partial charge on any atom is -0.507 e. The molecule has 3 aromatic rings. The number of aliphatic hydroxyl groups excluding tert-OH is 1. The van der Waals surface area contributed by atoms with Crippen molar-refractivity contribution in [2.45, 2.75) is 30.6 Å². The maximum absolute atomic E-state index is 13.0. The average Bonchev–Trinajstić information content (AvgIpc) is 2.79. The molecule has 0 bridgehead atoms. The van der Waals surface area contributed by atoms with Crippen LogP contribution in [0.15, 0.2) is 60.7 Å². The number of sulfonamides is 1. The molecule has 0 radical (unpaired) electrons. The lowest BCUT2D eigenvalue weighted by atomic mass is 9.84. The summed E-state index contributed by atoms with van der Waals surface area (Å²) in [5.74, 6) is -0.192. The average molecular weight is 487 g/mol. The summed E-state index contributed by atoms with van der Waals surface area (Å²) in [5.41, 5.74) is 7.71. The summed E-state index contributed by atoms with van der Waals surface area (Å²) in [6.07, 6.45) is -0.819. The number of anilines is 1. The maximum atomic E-state index is 13.0. The number of methoxy groups -OCH3 is 2. The Labute approximate surface area is 199 Å². The second kappa shape index (κ2) is 10.3. The number of aliphatic hydroxyl groups is 1. The highest BCUT2D eigenvalue weighted by Crippen LogP contribution is 2.46. The van der Waals surface area contributed by atoms with Crippen LogP contribution in [0.3, 0.4) is 0 Å². The SMILES string of the molecule is COc1ccc(C(Cc2ccccc2)C(c2ccc(N)c(C(C)O)c2O)S(N)(=O)=O)cc1OC. The van der Waals surface area contributed by atoms with Gasteiger partial charge in [-0.25, -0.2) is 13.6 Å². The van der Waals surface area contributed by atoms with E-state index in [9.17, 15) is 18.6 Å². The van der Waals surface area contributed by atoms with Gasteiger partial charge < -0.3 is 25.4 Å². The first-order chi connectivity index (χ1) is 16.1. The van der Waals surface area contributed by atoms with Gasteiger partial charge in [-0.05, 0) is 42.7 Å². The van der Waals surface area contributed by atoms with E-state index in [0.717, 1.165) is 5.56 Å². The quantitative estimate of drug-likeness (QED) is 0.339. The second-order valence-electron chi connectivity index (χ2n) is 8.10. The highest BCUT2D eigenvalue weighted by molar-refractivity contribution is 7.89. The van der Waals surface area contributed by atoms with E-state index in [1.165, 1.54) is 33.3 Å². The largest absolute Gasteiger partial charge is 0.507 e. The third-order valence-corrected chi connectivity index (χ3v) is 7.15. The Hall–Kier alpha value is -3.27. The van der Waals surface area contributed by atoms with Crippen molar-refractivity contribution in [2.24, 2.45) is 5.14 Å². The van der Waals surface area contributed by atoms with Gasteiger partial charge >= 0.3 is 0 Å². The monoisotopic (exact) mass is 486 g/mol. The van der Waals surface area contributed by atoms with Gasteiger partial charge in [0.05, 0.1) is 20.3 Å². The van der Waals surface area contributed by atoms with Crippen molar-refractivity contribution >= 4 is 15.7 Å². The van der Waals surface area contributed by atoms with Gasteiger partial charge in [0.25, 0.3) is 0 Å². The van der Waals surface area contributed by atoms with Crippen molar-refractivity contribution in [3.05, 3.63) is 82.9 Å². The predicted molar refractivity (Wildman–Crippen MR) is 131 cm³/mol. The van der Waals surface area contributed by atoms with Crippen molar-refractivity contribution in [2.75, 3.05) is 20.0 Å². The molecule has 6 N–H and O–H groups in total. The minimum absolute atomic E-state index is 0.0527. The molecule has 0 aliphatic rings. The van der Waals surface area contributed by atoms with Crippen LogP contribution in [0.4, 0.5) is 5.69 Å². The number of ether oxygens (including phenoxy) is 2. The standard InChI is InChI=1S/C25H30N2O6S/c1-15(28)23-20(26)11-10-18(24(23)29)25(34(27,30)31)19(13-16-7-5-4-6-8-16)17-9-12-21(32-2)22(14-17)33-3/h4-12,14-15,19,25,28-29H,13,26H2,1-3H3,(H2,27,30,31). The number of nitrogen functional groups attached to an aromatic ring is 1. The summed E-state index contributed by atoms with van der Waals surface area (Å²) >= 11 is 0. The number of nitrogens with two attached hydrogens (primary N) is 2. The van der Waals surface area contributed by atoms with Gasteiger partial charge in [-0.1, -0.05) is 42.5 Å². The van der Waals surface area contributed by atoms with Gasteiger partial charge in [0, 0.05) is 22.7 Å². The van der Waals surface area contributed by atoms with Crippen molar-refractivity contribution in [3.8, 4) is 17.2 Å². The van der Waals surface area contributed by atoms with Crippen LogP contribution in [0, 0.1) is 0 Å². The van der Waals surface area contributed by atoms with E-state index in [0.29, 0.717) is 23.5 Å². The van der Waals surface area contributed by atoms with Crippen LogP contribution in [0.2, 0.25) is 0 Å². The van der Waals surface area contributed by atoms with Crippen LogP contribution in [-0.4, -0.2) is 32.9 Å². The zero-order valence-corrected chi connectivity index (χ0v) is 20.1. The molecular formula is C25H30N2O6S. The van der Waals surface area contributed by atoms with Crippen molar-refractivity contribution in [1.82, 2.24) is 0 Å².